The van der Waals surface area contributed by atoms with Crippen LogP contribution in [-0.2, 0) is 6.42 Å². The molecule has 0 spiro atoms. The molecule has 138 valence electrons. The molecule has 5 heteroatoms. The SMILES string of the molecule is CCc1ccc(C)n2nc(-c3ccc(F)cc3)c(-c3ccncc3)c12.CI. The van der Waals surface area contributed by atoms with Crippen LogP contribution in [0.4, 0.5) is 4.39 Å². The van der Waals surface area contributed by atoms with E-state index in [1.807, 2.05) is 28.5 Å². The first-order valence-electron chi connectivity index (χ1n) is 8.74. The highest BCUT2D eigenvalue weighted by molar-refractivity contribution is 14.1. The van der Waals surface area contributed by atoms with Crippen molar-refractivity contribution in [1.29, 1.82) is 0 Å². The minimum atomic E-state index is -0.247. The van der Waals surface area contributed by atoms with E-state index in [0.29, 0.717) is 0 Å². The first-order chi connectivity index (χ1) is 13.2. The third kappa shape index (κ3) is 3.74. The molecular formula is C22H21FIN3. The van der Waals surface area contributed by atoms with Crippen LogP contribution in [0.5, 0.6) is 0 Å². The van der Waals surface area contributed by atoms with Crippen LogP contribution in [0.1, 0.15) is 18.2 Å². The van der Waals surface area contributed by atoms with E-state index >= 15 is 0 Å². The van der Waals surface area contributed by atoms with Gasteiger partial charge in [-0.3, -0.25) is 4.98 Å². The maximum absolute atomic E-state index is 13.4. The zero-order chi connectivity index (χ0) is 19.4. The predicted octanol–water partition coefficient (Wildman–Crippen LogP) is 6.12. The topological polar surface area (TPSA) is 30.2 Å². The zero-order valence-corrected chi connectivity index (χ0v) is 17.7. The lowest BCUT2D eigenvalue weighted by molar-refractivity contribution is 0.628. The van der Waals surface area contributed by atoms with Crippen LogP contribution < -0.4 is 0 Å². The number of pyridine rings is 2. The molecule has 0 saturated heterocycles. The number of nitrogens with zero attached hydrogens (tertiary/aromatic N) is 3. The van der Waals surface area contributed by atoms with Crippen molar-refractivity contribution >= 4 is 28.1 Å². The number of halogens is 2. The van der Waals surface area contributed by atoms with Crippen LogP contribution in [-0.4, -0.2) is 19.5 Å². The van der Waals surface area contributed by atoms with Gasteiger partial charge in [0.15, 0.2) is 0 Å². The van der Waals surface area contributed by atoms with Gasteiger partial charge in [-0.2, -0.15) is 5.10 Å². The number of aryl methyl sites for hydroxylation is 2. The Bertz CT molecular complexity index is 1040. The first-order valence-corrected chi connectivity index (χ1v) is 10.9. The van der Waals surface area contributed by atoms with E-state index in [1.165, 1.54) is 17.7 Å². The first kappa shape index (κ1) is 19.5. The van der Waals surface area contributed by atoms with Gasteiger partial charge in [0.05, 0.1) is 5.52 Å². The highest BCUT2D eigenvalue weighted by atomic mass is 127. The molecule has 0 unspecified atom stereocenters. The van der Waals surface area contributed by atoms with E-state index in [4.69, 9.17) is 5.10 Å². The van der Waals surface area contributed by atoms with E-state index in [2.05, 4.69) is 46.6 Å². The summed E-state index contributed by atoms with van der Waals surface area (Å²) in [5.41, 5.74) is 7.29. The molecule has 1 aromatic carbocycles. The number of aromatic nitrogens is 3. The van der Waals surface area contributed by atoms with E-state index in [9.17, 15) is 4.39 Å². The summed E-state index contributed by atoms with van der Waals surface area (Å²) in [5, 5.41) is 4.87. The van der Waals surface area contributed by atoms with E-state index in [0.717, 1.165) is 40.0 Å². The van der Waals surface area contributed by atoms with Gasteiger partial charge in [0, 0.05) is 29.2 Å². The third-order valence-electron chi connectivity index (χ3n) is 4.52. The molecule has 0 atom stereocenters. The van der Waals surface area contributed by atoms with Crippen LogP contribution in [0.15, 0.2) is 60.9 Å². The highest BCUT2D eigenvalue weighted by Crippen LogP contribution is 2.37. The second-order valence-electron chi connectivity index (χ2n) is 6.08. The summed E-state index contributed by atoms with van der Waals surface area (Å²) >= 11 is 2.15. The molecule has 0 aliphatic carbocycles. The summed E-state index contributed by atoms with van der Waals surface area (Å²) in [5.74, 6) is -0.247. The third-order valence-corrected chi connectivity index (χ3v) is 4.52. The Kier molecular flexibility index (Phi) is 6.21. The summed E-state index contributed by atoms with van der Waals surface area (Å²) in [6, 6.07) is 14.7. The number of benzene rings is 1. The summed E-state index contributed by atoms with van der Waals surface area (Å²) in [6.45, 7) is 4.19. The fourth-order valence-corrected chi connectivity index (χ4v) is 3.23. The van der Waals surface area contributed by atoms with Crippen molar-refractivity contribution in [3.63, 3.8) is 0 Å². The monoisotopic (exact) mass is 473 g/mol. The fourth-order valence-electron chi connectivity index (χ4n) is 3.23. The average molecular weight is 473 g/mol. The molecule has 3 nitrogen and oxygen atoms in total. The molecule has 0 aliphatic rings. The van der Waals surface area contributed by atoms with Crippen molar-refractivity contribution in [2.75, 3.05) is 4.93 Å². The van der Waals surface area contributed by atoms with Crippen molar-refractivity contribution in [1.82, 2.24) is 14.6 Å². The van der Waals surface area contributed by atoms with E-state index in [1.54, 1.807) is 24.5 Å². The molecule has 0 aliphatic heterocycles. The minimum absolute atomic E-state index is 0.247. The van der Waals surface area contributed by atoms with Gasteiger partial charge in [-0.05, 0) is 71.9 Å². The van der Waals surface area contributed by atoms with Crippen molar-refractivity contribution in [2.45, 2.75) is 20.3 Å². The molecule has 4 aromatic rings. The van der Waals surface area contributed by atoms with Gasteiger partial charge in [0.25, 0.3) is 0 Å². The smallest absolute Gasteiger partial charge is 0.123 e. The molecular weight excluding hydrogens is 452 g/mol. The van der Waals surface area contributed by atoms with Crippen molar-refractivity contribution in [3.8, 4) is 22.4 Å². The summed E-state index contributed by atoms with van der Waals surface area (Å²) < 4.78 is 15.4. The molecule has 4 rings (SSSR count). The lowest BCUT2D eigenvalue weighted by atomic mass is 9.98. The van der Waals surface area contributed by atoms with Gasteiger partial charge in [0.2, 0.25) is 0 Å². The molecule has 0 radical (unpaired) electrons. The Morgan fingerprint density at radius 2 is 1.59 bits per heavy atom. The van der Waals surface area contributed by atoms with Crippen LogP contribution >= 0.6 is 22.6 Å². The zero-order valence-electron chi connectivity index (χ0n) is 15.6. The van der Waals surface area contributed by atoms with Gasteiger partial charge in [-0.25, -0.2) is 8.91 Å². The maximum atomic E-state index is 13.4. The molecule has 0 saturated carbocycles. The van der Waals surface area contributed by atoms with E-state index in [-0.39, 0.29) is 5.82 Å². The van der Waals surface area contributed by atoms with Crippen molar-refractivity contribution in [3.05, 3.63) is 78.0 Å². The standard InChI is InChI=1S/C21H18FN3.CH3I/c1-3-15-5-4-14(2)25-21(15)19(16-10-12-23-13-11-16)20(24-25)17-6-8-18(22)9-7-17;1-2/h4-13H,3H2,1-2H3;1H3. The molecule has 0 N–H and O–H groups in total. The Balaban J connectivity index is 0.00000102. The number of hydrogen-bond donors (Lipinski definition) is 0. The number of rotatable bonds is 3. The second-order valence-corrected chi connectivity index (χ2v) is 6.08. The molecule has 3 heterocycles. The minimum Gasteiger partial charge on any atom is -0.265 e. The van der Waals surface area contributed by atoms with Gasteiger partial charge < -0.3 is 0 Å². The summed E-state index contributed by atoms with van der Waals surface area (Å²) in [6.07, 6.45) is 4.49. The molecule has 0 amide bonds. The average Bonchev–Trinajstić information content (AvgIpc) is 3.13. The van der Waals surface area contributed by atoms with Gasteiger partial charge >= 0.3 is 0 Å². The highest BCUT2D eigenvalue weighted by Gasteiger charge is 2.19. The lowest BCUT2D eigenvalue weighted by Gasteiger charge is -2.07. The maximum Gasteiger partial charge on any atom is 0.123 e. The quantitative estimate of drug-likeness (QED) is 0.265. The summed E-state index contributed by atoms with van der Waals surface area (Å²) in [7, 11) is 0. The Morgan fingerprint density at radius 3 is 2.22 bits per heavy atom. The number of fused-ring (bicyclic) bond motifs is 1. The van der Waals surface area contributed by atoms with Crippen molar-refractivity contribution in [2.24, 2.45) is 0 Å². The Hall–Kier alpha value is -2.28. The molecule has 0 fully saturated rings. The summed E-state index contributed by atoms with van der Waals surface area (Å²) in [4.78, 5) is 6.10. The van der Waals surface area contributed by atoms with Crippen LogP contribution in [0.25, 0.3) is 27.9 Å². The number of hydrogen-bond acceptors (Lipinski definition) is 2. The number of alkyl halides is 1. The molecule has 3 aromatic heterocycles. The largest absolute Gasteiger partial charge is 0.265 e. The van der Waals surface area contributed by atoms with Crippen LogP contribution in [0.2, 0.25) is 0 Å². The van der Waals surface area contributed by atoms with Gasteiger partial charge in [-0.15, -0.1) is 0 Å². The Morgan fingerprint density at radius 1 is 0.926 bits per heavy atom. The lowest BCUT2D eigenvalue weighted by Crippen LogP contribution is -1.96. The van der Waals surface area contributed by atoms with Gasteiger partial charge in [0.1, 0.15) is 11.5 Å². The normalized spacial score (nSPS) is 10.6. The van der Waals surface area contributed by atoms with Gasteiger partial charge in [-0.1, -0.05) is 35.6 Å². The Labute approximate surface area is 172 Å². The van der Waals surface area contributed by atoms with Crippen LogP contribution in [0.3, 0.4) is 0 Å². The molecule has 27 heavy (non-hydrogen) atoms. The predicted molar refractivity (Wildman–Crippen MR) is 118 cm³/mol. The van der Waals surface area contributed by atoms with Crippen molar-refractivity contribution < 1.29 is 4.39 Å². The van der Waals surface area contributed by atoms with E-state index < -0.39 is 0 Å². The fraction of sp³-hybridized carbons (Fsp3) is 0.182. The molecule has 0 bridgehead atoms. The second kappa shape index (κ2) is 8.61. The van der Waals surface area contributed by atoms with Crippen LogP contribution in [0, 0.1) is 12.7 Å².